The van der Waals surface area contributed by atoms with Crippen LogP contribution in [0.2, 0.25) is 0 Å². The van der Waals surface area contributed by atoms with E-state index in [-0.39, 0.29) is 17.1 Å². The zero-order chi connectivity index (χ0) is 15.6. The number of amides is 1. The van der Waals surface area contributed by atoms with Crippen LogP contribution in [0.1, 0.15) is 34.2 Å². The summed E-state index contributed by atoms with van der Waals surface area (Å²) in [6, 6.07) is 4.20. The smallest absolute Gasteiger partial charge is 0.259 e. The highest BCUT2D eigenvalue weighted by molar-refractivity contribution is 5.99. The van der Waals surface area contributed by atoms with Crippen LogP contribution in [0.3, 0.4) is 0 Å². The molecule has 6 nitrogen and oxygen atoms in total. The van der Waals surface area contributed by atoms with Gasteiger partial charge in [0.05, 0.1) is 5.69 Å². The highest BCUT2D eigenvalue weighted by Crippen LogP contribution is 2.26. The molecule has 1 aromatic heterocycles. The Hall–Kier alpha value is -2.50. The van der Waals surface area contributed by atoms with Gasteiger partial charge in [0.1, 0.15) is 17.1 Å². The molecule has 0 radical (unpaired) electrons. The van der Waals surface area contributed by atoms with Crippen molar-refractivity contribution >= 4 is 5.91 Å². The number of carbonyl (C=O) groups is 1. The van der Waals surface area contributed by atoms with Gasteiger partial charge in [0.2, 0.25) is 0 Å². The quantitative estimate of drug-likeness (QED) is 0.801. The molecule has 1 amide bonds. The lowest BCUT2D eigenvalue weighted by molar-refractivity contribution is 0.0945. The summed E-state index contributed by atoms with van der Waals surface area (Å²) in [6.07, 6.45) is 0. The molecule has 3 N–H and O–H groups in total. The van der Waals surface area contributed by atoms with E-state index in [4.69, 9.17) is 0 Å². The summed E-state index contributed by atoms with van der Waals surface area (Å²) >= 11 is 0. The zero-order valence-electron chi connectivity index (χ0n) is 12.3. The van der Waals surface area contributed by atoms with Gasteiger partial charge in [0.15, 0.2) is 0 Å². The van der Waals surface area contributed by atoms with E-state index in [9.17, 15) is 15.0 Å². The molecule has 0 unspecified atom stereocenters. The lowest BCUT2D eigenvalue weighted by atomic mass is 10.1. The molecule has 1 heterocycles. The monoisotopic (exact) mass is 289 g/mol. The Morgan fingerprint density at radius 3 is 2.43 bits per heavy atom. The number of nitrogens with zero attached hydrogens (tertiary/aromatic N) is 2. The third kappa shape index (κ3) is 2.84. The van der Waals surface area contributed by atoms with Gasteiger partial charge in [0.25, 0.3) is 5.91 Å². The van der Waals surface area contributed by atoms with E-state index < -0.39 is 5.91 Å². The van der Waals surface area contributed by atoms with Gasteiger partial charge in [-0.1, -0.05) is 6.07 Å². The Labute approximate surface area is 123 Å². The molecule has 0 spiro atoms. The molecule has 2 aromatic rings. The number of rotatable bonds is 4. The van der Waals surface area contributed by atoms with E-state index in [1.165, 1.54) is 18.2 Å². The maximum Gasteiger partial charge on any atom is 0.259 e. The van der Waals surface area contributed by atoms with E-state index >= 15 is 0 Å². The van der Waals surface area contributed by atoms with Crippen molar-refractivity contribution in [3.05, 3.63) is 40.7 Å². The summed E-state index contributed by atoms with van der Waals surface area (Å²) in [5.74, 6) is -1.01. The largest absolute Gasteiger partial charge is 0.507 e. The molecule has 0 aliphatic rings. The van der Waals surface area contributed by atoms with Crippen LogP contribution in [0.15, 0.2) is 18.2 Å². The Balaban J connectivity index is 2.17. The fraction of sp³-hybridized carbons (Fsp3) is 0.333. The van der Waals surface area contributed by atoms with Crippen LogP contribution in [0.25, 0.3) is 0 Å². The minimum Gasteiger partial charge on any atom is -0.507 e. The van der Waals surface area contributed by atoms with Crippen molar-refractivity contribution in [2.45, 2.75) is 33.9 Å². The Bertz CT molecular complexity index is 657. The molecule has 0 aliphatic heterocycles. The summed E-state index contributed by atoms with van der Waals surface area (Å²) in [5.41, 5.74) is 2.68. The van der Waals surface area contributed by atoms with Gasteiger partial charge in [-0.3, -0.25) is 9.48 Å². The number of aryl methyl sites for hydroxylation is 2. The van der Waals surface area contributed by atoms with Gasteiger partial charge in [-0.25, -0.2) is 0 Å². The molecule has 0 saturated heterocycles. The van der Waals surface area contributed by atoms with Crippen molar-refractivity contribution in [2.75, 3.05) is 0 Å². The minimum absolute atomic E-state index is 0.115. The van der Waals surface area contributed by atoms with E-state index in [2.05, 4.69) is 10.4 Å². The molecule has 0 atom stereocenters. The van der Waals surface area contributed by atoms with Crippen LogP contribution in [-0.2, 0) is 13.1 Å². The third-order valence-electron chi connectivity index (χ3n) is 3.50. The average Bonchev–Trinajstić information content (AvgIpc) is 2.71. The van der Waals surface area contributed by atoms with Crippen molar-refractivity contribution in [3.8, 4) is 11.5 Å². The first kappa shape index (κ1) is 14.9. The summed E-state index contributed by atoms with van der Waals surface area (Å²) in [5, 5.41) is 26.4. The zero-order valence-corrected chi connectivity index (χ0v) is 12.3. The number of phenolic OH excluding ortho intramolecular Hbond substituents is 2. The molecule has 0 fully saturated rings. The van der Waals surface area contributed by atoms with E-state index in [0.717, 1.165) is 23.5 Å². The van der Waals surface area contributed by atoms with Crippen LogP contribution in [-0.4, -0.2) is 25.9 Å². The number of phenols is 2. The summed E-state index contributed by atoms with van der Waals surface area (Å²) in [7, 11) is 0. The van der Waals surface area contributed by atoms with Crippen LogP contribution in [0.5, 0.6) is 11.5 Å². The van der Waals surface area contributed by atoms with Crippen LogP contribution in [0, 0.1) is 13.8 Å². The van der Waals surface area contributed by atoms with Gasteiger partial charge in [-0.05, 0) is 32.9 Å². The molecule has 0 aliphatic carbocycles. The molecule has 0 bridgehead atoms. The van der Waals surface area contributed by atoms with Crippen molar-refractivity contribution in [3.63, 3.8) is 0 Å². The van der Waals surface area contributed by atoms with Crippen molar-refractivity contribution in [2.24, 2.45) is 0 Å². The number of aromatic nitrogens is 2. The summed E-state index contributed by atoms with van der Waals surface area (Å²) < 4.78 is 1.87. The van der Waals surface area contributed by atoms with Crippen LogP contribution in [0.4, 0.5) is 0 Å². The lowest BCUT2D eigenvalue weighted by Crippen LogP contribution is -2.23. The topological polar surface area (TPSA) is 87.4 Å². The first-order chi connectivity index (χ1) is 9.95. The van der Waals surface area contributed by atoms with E-state index in [0.29, 0.717) is 6.54 Å². The Morgan fingerprint density at radius 2 is 1.90 bits per heavy atom. The van der Waals surface area contributed by atoms with Gasteiger partial charge in [-0.15, -0.1) is 0 Å². The predicted octanol–water partition coefficient (Wildman–Crippen LogP) is 1.86. The summed E-state index contributed by atoms with van der Waals surface area (Å²) in [6.45, 7) is 6.90. The maximum absolute atomic E-state index is 12.1. The average molecular weight is 289 g/mol. The normalized spacial score (nSPS) is 10.6. The second-order valence-electron chi connectivity index (χ2n) is 4.82. The highest BCUT2D eigenvalue weighted by Gasteiger charge is 2.17. The lowest BCUT2D eigenvalue weighted by Gasteiger charge is -2.09. The fourth-order valence-corrected chi connectivity index (χ4v) is 2.32. The number of hydrogen-bond acceptors (Lipinski definition) is 4. The molecule has 112 valence electrons. The number of carbonyl (C=O) groups excluding carboxylic acids is 1. The SMILES string of the molecule is CCn1nc(C)c(CNC(=O)c2c(O)cccc2O)c1C. The van der Waals surface area contributed by atoms with Gasteiger partial charge in [-0.2, -0.15) is 5.10 Å². The molecular formula is C15H19N3O3. The standard InChI is InChI=1S/C15H19N3O3/c1-4-18-10(3)11(9(2)17-18)8-16-15(21)14-12(19)6-5-7-13(14)20/h5-7,19-20H,4,8H2,1-3H3,(H,16,21). The van der Waals surface area contributed by atoms with Crippen molar-refractivity contribution in [1.82, 2.24) is 15.1 Å². The van der Waals surface area contributed by atoms with Gasteiger partial charge >= 0.3 is 0 Å². The van der Waals surface area contributed by atoms with Crippen LogP contribution < -0.4 is 5.32 Å². The number of benzene rings is 1. The Morgan fingerprint density at radius 1 is 1.29 bits per heavy atom. The molecule has 6 heteroatoms. The third-order valence-corrected chi connectivity index (χ3v) is 3.50. The molecule has 0 saturated carbocycles. The predicted molar refractivity (Wildman–Crippen MR) is 78.3 cm³/mol. The van der Waals surface area contributed by atoms with E-state index in [1.54, 1.807) is 0 Å². The van der Waals surface area contributed by atoms with Gasteiger partial charge < -0.3 is 15.5 Å². The first-order valence-corrected chi connectivity index (χ1v) is 6.77. The fourth-order valence-electron chi connectivity index (χ4n) is 2.32. The van der Waals surface area contributed by atoms with Crippen molar-refractivity contribution < 1.29 is 15.0 Å². The van der Waals surface area contributed by atoms with Crippen molar-refractivity contribution in [1.29, 1.82) is 0 Å². The summed E-state index contributed by atoms with van der Waals surface area (Å²) in [4.78, 5) is 12.1. The van der Waals surface area contributed by atoms with Gasteiger partial charge in [0, 0.05) is 24.3 Å². The molecule has 2 rings (SSSR count). The molecule has 21 heavy (non-hydrogen) atoms. The van der Waals surface area contributed by atoms with E-state index in [1.807, 2.05) is 25.5 Å². The number of hydrogen-bond donors (Lipinski definition) is 3. The first-order valence-electron chi connectivity index (χ1n) is 6.77. The van der Waals surface area contributed by atoms with Crippen LogP contribution >= 0.6 is 0 Å². The Kier molecular flexibility index (Phi) is 4.16. The highest BCUT2D eigenvalue weighted by atomic mass is 16.3. The second kappa shape index (κ2) is 5.87. The number of aromatic hydroxyl groups is 2. The minimum atomic E-state index is -0.520. The molecule has 1 aromatic carbocycles. The molecular weight excluding hydrogens is 270 g/mol. The number of nitrogens with one attached hydrogen (secondary N) is 1. The second-order valence-corrected chi connectivity index (χ2v) is 4.82. The maximum atomic E-state index is 12.1.